The maximum atomic E-state index is 6.18. The van der Waals surface area contributed by atoms with Crippen molar-refractivity contribution in [2.24, 2.45) is 0 Å². The van der Waals surface area contributed by atoms with E-state index in [0.29, 0.717) is 23.8 Å². The summed E-state index contributed by atoms with van der Waals surface area (Å²) in [5, 5.41) is 0.629. The lowest BCUT2D eigenvalue weighted by molar-refractivity contribution is 0.302. The molecule has 0 amide bonds. The SMILES string of the molecule is COc1ccc(Cc2nc3ccccc3n2CCCOc2ccccc2Cl)cc1OC. The predicted octanol–water partition coefficient (Wildman–Crippen LogP) is 5.77. The fourth-order valence-electron chi connectivity index (χ4n) is 3.65. The highest BCUT2D eigenvalue weighted by Gasteiger charge is 2.13. The monoisotopic (exact) mass is 436 g/mol. The van der Waals surface area contributed by atoms with Crippen molar-refractivity contribution in [3.05, 3.63) is 83.1 Å². The third-order valence-electron chi connectivity index (χ3n) is 5.16. The van der Waals surface area contributed by atoms with E-state index in [-0.39, 0.29) is 0 Å². The topological polar surface area (TPSA) is 45.5 Å². The van der Waals surface area contributed by atoms with Gasteiger partial charge in [0.05, 0.1) is 36.9 Å². The maximum Gasteiger partial charge on any atom is 0.161 e. The minimum absolute atomic E-state index is 0.575. The number of methoxy groups -OCH3 is 2. The predicted molar refractivity (Wildman–Crippen MR) is 124 cm³/mol. The fourth-order valence-corrected chi connectivity index (χ4v) is 3.84. The van der Waals surface area contributed by atoms with Crippen molar-refractivity contribution in [1.29, 1.82) is 0 Å². The number of rotatable bonds is 9. The van der Waals surface area contributed by atoms with E-state index >= 15 is 0 Å². The van der Waals surface area contributed by atoms with Gasteiger partial charge in [0.25, 0.3) is 0 Å². The lowest BCUT2D eigenvalue weighted by Gasteiger charge is -2.12. The lowest BCUT2D eigenvalue weighted by Crippen LogP contribution is -2.08. The number of fused-ring (bicyclic) bond motifs is 1. The molecule has 0 saturated heterocycles. The van der Waals surface area contributed by atoms with Crippen LogP contribution in [0.1, 0.15) is 17.8 Å². The highest BCUT2D eigenvalue weighted by molar-refractivity contribution is 6.32. The first kappa shape index (κ1) is 21.1. The normalized spacial score (nSPS) is 10.9. The third-order valence-corrected chi connectivity index (χ3v) is 5.48. The molecule has 1 aromatic heterocycles. The Morgan fingerprint density at radius 2 is 1.65 bits per heavy atom. The quantitative estimate of drug-likeness (QED) is 0.312. The van der Waals surface area contributed by atoms with Gasteiger partial charge in [0, 0.05) is 13.0 Å². The second-order valence-corrected chi connectivity index (χ2v) is 7.57. The van der Waals surface area contributed by atoms with Crippen LogP contribution in [0.25, 0.3) is 11.0 Å². The van der Waals surface area contributed by atoms with Crippen LogP contribution in [-0.2, 0) is 13.0 Å². The Balaban J connectivity index is 1.52. The van der Waals surface area contributed by atoms with E-state index in [1.807, 2.05) is 60.7 Å². The number of halogens is 1. The third kappa shape index (κ3) is 4.78. The van der Waals surface area contributed by atoms with Crippen LogP contribution in [0.15, 0.2) is 66.7 Å². The fraction of sp³-hybridized carbons (Fsp3) is 0.240. The van der Waals surface area contributed by atoms with Gasteiger partial charge in [0.2, 0.25) is 0 Å². The largest absolute Gasteiger partial charge is 0.493 e. The number of hydrogen-bond donors (Lipinski definition) is 0. The molecule has 31 heavy (non-hydrogen) atoms. The highest BCUT2D eigenvalue weighted by Crippen LogP contribution is 2.29. The molecule has 0 fully saturated rings. The molecule has 3 aromatic carbocycles. The standard InChI is InChI=1S/C25H25ClN2O3/c1-29-23-13-12-18(16-24(23)30-2)17-25-27-20-9-4-5-10-21(20)28(25)14-7-15-31-22-11-6-3-8-19(22)26/h3-6,8-13,16H,7,14-15,17H2,1-2H3. The smallest absolute Gasteiger partial charge is 0.161 e. The molecule has 0 N–H and O–H groups in total. The summed E-state index contributed by atoms with van der Waals surface area (Å²) >= 11 is 6.18. The first-order valence-corrected chi connectivity index (χ1v) is 10.6. The van der Waals surface area contributed by atoms with Gasteiger partial charge in [-0.3, -0.25) is 0 Å². The molecule has 0 radical (unpaired) electrons. The van der Waals surface area contributed by atoms with Gasteiger partial charge in [-0.2, -0.15) is 0 Å². The van der Waals surface area contributed by atoms with Crippen molar-refractivity contribution in [3.63, 3.8) is 0 Å². The van der Waals surface area contributed by atoms with Gasteiger partial charge >= 0.3 is 0 Å². The van der Waals surface area contributed by atoms with E-state index < -0.39 is 0 Å². The summed E-state index contributed by atoms with van der Waals surface area (Å²) in [5.41, 5.74) is 3.22. The summed E-state index contributed by atoms with van der Waals surface area (Å²) in [4.78, 5) is 4.89. The van der Waals surface area contributed by atoms with Crippen LogP contribution in [0.2, 0.25) is 5.02 Å². The Labute approximate surface area is 187 Å². The molecule has 0 atom stereocenters. The van der Waals surface area contributed by atoms with Crippen LogP contribution in [0.3, 0.4) is 0 Å². The summed E-state index contributed by atoms with van der Waals surface area (Å²) in [7, 11) is 3.29. The van der Waals surface area contributed by atoms with Crippen molar-refractivity contribution in [3.8, 4) is 17.2 Å². The molecule has 160 valence electrons. The van der Waals surface area contributed by atoms with E-state index in [1.54, 1.807) is 14.2 Å². The molecule has 4 rings (SSSR count). The number of aryl methyl sites for hydroxylation is 1. The average Bonchev–Trinajstić information content (AvgIpc) is 3.14. The number of benzene rings is 3. The molecule has 0 aliphatic heterocycles. The molecule has 0 bridgehead atoms. The Morgan fingerprint density at radius 3 is 2.45 bits per heavy atom. The van der Waals surface area contributed by atoms with Crippen LogP contribution in [0.5, 0.6) is 17.2 Å². The zero-order chi connectivity index (χ0) is 21.6. The van der Waals surface area contributed by atoms with Gasteiger partial charge in [-0.05, 0) is 48.4 Å². The minimum Gasteiger partial charge on any atom is -0.493 e. The van der Waals surface area contributed by atoms with Gasteiger partial charge in [-0.1, -0.05) is 41.9 Å². The van der Waals surface area contributed by atoms with Crippen molar-refractivity contribution in [2.45, 2.75) is 19.4 Å². The van der Waals surface area contributed by atoms with Crippen molar-refractivity contribution in [1.82, 2.24) is 9.55 Å². The van der Waals surface area contributed by atoms with E-state index in [9.17, 15) is 0 Å². The highest BCUT2D eigenvalue weighted by atomic mass is 35.5. The van der Waals surface area contributed by atoms with Crippen molar-refractivity contribution in [2.75, 3.05) is 20.8 Å². The second kappa shape index (κ2) is 9.75. The number of nitrogens with zero attached hydrogens (tertiary/aromatic N) is 2. The number of ether oxygens (including phenoxy) is 3. The van der Waals surface area contributed by atoms with Crippen molar-refractivity contribution < 1.29 is 14.2 Å². The summed E-state index contributed by atoms with van der Waals surface area (Å²) in [6.07, 6.45) is 1.53. The molecular formula is C25H25ClN2O3. The molecular weight excluding hydrogens is 412 g/mol. The van der Waals surface area contributed by atoms with Crippen LogP contribution in [-0.4, -0.2) is 30.4 Å². The second-order valence-electron chi connectivity index (χ2n) is 7.17. The maximum absolute atomic E-state index is 6.18. The molecule has 1 heterocycles. The average molecular weight is 437 g/mol. The summed E-state index contributed by atoms with van der Waals surface area (Å²) < 4.78 is 18.9. The summed E-state index contributed by atoms with van der Waals surface area (Å²) in [5.74, 6) is 3.16. The van der Waals surface area contributed by atoms with Crippen LogP contribution in [0, 0.1) is 0 Å². The van der Waals surface area contributed by atoms with Gasteiger partial charge in [-0.15, -0.1) is 0 Å². The minimum atomic E-state index is 0.575. The van der Waals surface area contributed by atoms with E-state index in [4.69, 9.17) is 30.8 Å². The summed E-state index contributed by atoms with van der Waals surface area (Å²) in [6.45, 7) is 1.37. The van der Waals surface area contributed by atoms with Gasteiger partial charge < -0.3 is 18.8 Å². The van der Waals surface area contributed by atoms with Crippen LogP contribution >= 0.6 is 11.6 Å². The Kier molecular flexibility index (Phi) is 6.63. The van der Waals surface area contributed by atoms with Gasteiger partial charge in [0.15, 0.2) is 11.5 Å². The first-order chi connectivity index (χ1) is 15.2. The first-order valence-electron chi connectivity index (χ1n) is 10.2. The molecule has 4 aromatic rings. The molecule has 0 spiro atoms. The van der Waals surface area contributed by atoms with Crippen molar-refractivity contribution >= 4 is 22.6 Å². The molecule has 0 unspecified atom stereocenters. The molecule has 5 nitrogen and oxygen atoms in total. The number of hydrogen-bond acceptors (Lipinski definition) is 4. The number of imidazole rings is 1. The summed E-state index contributed by atoms with van der Waals surface area (Å²) in [6, 6.07) is 21.7. The Hall–Kier alpha value is -3.18. The molecule has 6 heteroatoms. The van der Waals surface area contributed by atoms with Gasteiger partial charge in [-0.25, -0.2) is 4.98 Å². The lowest BCUT2D eigenvalue weighted by atomic mass is 10.1. The van der Waals surface area contributed by atoms with E-state index in [2.05, 4.69) is 10.6 Å². The Bertz CT molecular complexity index is 1170. The number of aromatic nitrogens is 2. The van der Waals surface area contributed by atoms with Crippen LogP contribution < -0.4 is 14.2 Å². The van der Waals surface area contributed by atoms with Crippen LogP contribution in [0.4, 0.5) is 0 Å². The Morgan fingerprint density at radius 1 is 0.871 bits per heavy atom. The molecule has 0 aliphatic carbocycles. The van der Waals surface area contributed by atoms with Gasteiger partial charge in [0.1, 0.15) is 11.6 Å². The molecule has 0 aliphatic rings. The van der Waals surface area contributed by atoms with E-state index in [0.717, 1.165) is 46.9 Å². The van der Waals surface area contributed by atoms with E-state index in [1.165, 1.54) is 0 Å². The zero-order valence-corrected chi connectivity index (χ0v) is 18.4. The number of para-hydroxylation sites is 3. The zero-order valence-electron chi connectivity index (χ0n) is 17.7. The molecule has 0 saturated carbocycles.